The molecular formula is C29H34BrN3O5S. The average molecular weight is 617 g/mol. The number of amides is 2. The minimum Gasteiger partial charge on any atom is -0.492 e. The minimum atomic E-state index is -4.17. The third-order valence-corrected chi connectivity index (χ3v) is 8.15. The molecular weight excluding hydrogens is 582 g/mol. The lowest BCUT2D eigenvalue weighted by Gasteiger charge is -2.32. The highest BCUT2D eigenvalue weighted by Crippen LogP contribution is 2.33. The largest absolute Gasteiger partial charge is 0.492 e. The van der Waals surface area contributed by atoms with Gasteiger partial charge in [0.25, 0.3) is 10.0 Å². The average Bonchev–Trinajstić information content (AvgIpc) is 2.90. The van der Waals surface area contributed by atoms with Crippen molar-refractivity contribution in [2.45, 2.75) is 51.2 Å². The molecule has 0 fully saturated rings. The molecule has 2 amide bonds. The number of para-hydroxylation sites is 2. The maximum Gasteiger partial charge on any atom is 0.264 e. The molecule has 0 heterocycles. The SMILES string of the molecule is CCOc1ccccc1N(CC(=O)N(Cc1cccc(Br)c1)[C@@H](C)C(=O)NC(C)C)S(=O)(=O)c1ccccc1. The minimum absolute atomic E-state index is 0.0354. The Balaban J connectivity index is 2.07. The number of carbonyl (C=O) groups excluding carboxylic acids is 2. The summed E-state index contributed by atoms with van der Waals surface area (Å²) in [4.78, 5) is 28.4. The summed E-state index contributed by atoms with van der Waals surface area (Å²) in [7, 11) is -4.17. The molecule has 1 atom stereocenters. The molecule has 8 nitrogen and oxygen atoms in total. The van der Waals surface area contributed by atoms with Crippen LogP contribution in [0.5, 0.6) is 5.75 Å². The zero-order chi connectivity index (χ0) is 28.6. The summed E-state index contributed by atoms with van der Waals surface area (Å²) in [6.45, 7) is 7.00. The van der Waals surface area contributed by atoms with Gasteiger partial charge in [-0.25, -0.2) is 8.42 Å². The number of hydrogen-bond donors (Lipinski definition) is 1. The van der Waals surface area contributed by atoms with Gasteiger partial charge in [0.15, 0.2) is 0 Å². The third kappa shape index (κ3) is 7.83. The predicted molar refractivity (Wildman–Crippen MR) is 156 cm³/mol. The molecule has 3 aromatic carbocycles. The summed E-state index contributed by atoms with van der Waals surface area (Å²) in [6.07, 6.45) is 0. The number of nitrogens with one attached hydrogen (secondary N) is 1. The monoisotopic (exact) mass is 615 g/mol. The van der Waals surface area contributed by atoms with Gasteiger partial charge in [-0.15, -0.1) is 0 Å². The van der Waals surface area contributed by atoms with Crippen molar-refractivity contribution >= 4 is 43.5 Å². The highest BCUT2D eigenvalue weighted by Gasteiger charge is 2.33. The Bertz CT molecular complexity index is 1380. The van der Waals surface area contributed by atoms with Crippen LogP contribution in [0.2, 0.25) is 0 Å². The lowest BCUT2D eigenvalue weighted by molar-refractivity contribution is -0.139. The number of nitrogens with zero attached hydrogens (tertiary/aromatic N) is 2. The van der Waals surface area contributed by atoms with Gasteiger partial charge in [0, 0.05) is 17.1 Å². The first kappa shape index (κ1) is 30.2. The van der Waals surface area contributed by atoms with Crippen LogP contribution in [0.15, 0.2) is 88.2 Å². The highest BCUT2D eigenvalue weighted by atomic mass is 79.9. The summed E-state index contributed by atoms with van der Waals surface area (Å²) >= 11 is 3.45. The zero-order valence-electron chi connectivity index (χ0n) is 22.5. The molecule has 0 aliphatic rings. The van der Waals surface area contributed by atoms with Crippen molar-refractivity contribution in [3.63, 3.8) is 0 Å². The molecule has 3 aromatic rings. The van der Waals surface area contributed by atoms with E-state index >= 15 is 0 Å². The standard InChI is InChI=1S/C29H34BrN3O5S/c1-5-38-27-17-10-9-16-26(27)33(39(36,37)25-14-7-6-8-15-25)20-28(34)32(22(4)29(35)31-21(2)3)19-23-12-11-13-24(30)18-23/h6-18,21-22H,5,19-20H2,1-4H3,(H,31,35)/t22-/m0/s1. The Labute approximate surface area is 239 Å². The Hall–Kier alpha value is -3.37. The Morgan fingerprint density at radius 3 is 2.26 bits per heavy atom. The van der Waals surface area contributed by atoms with Crippen LogP contribution in [0, 0.1) is 0 Å². The van der Waals surface area contributed by atoms with Crippen LogP contribution >= 0.6 is 15.9 Å². The lowest BCUT2D eigenvalue weighted by atomic mass is 10.1. The number of halogens is 1. The van der Waals surface area contributed by atoms with Crippen molar-refractivity contribution in [1.29, 1.82) is 0 Å². The summed E-state index contributed by atoms with van der Waals surface area (Å²) in [5, 5.41) is 2.85. The zero-order valence-corrected chi connectivity index (χ0v) is 24.9. The van der Waals surface area contributed by atoms with Crippen molar-refractivity contribution in [3.8, 4) is 5.75 Å². The topological polar surface area (TPSA) is 96.0 Å². The van der Waals surface area contributed by atoms with E-state index in [0.29, 0.717) is 12.4 Å². The van der Waals surface area contributed by atoms with E-state index in [0.717, 1.165) is 14.3 Å². The maximum absolute atomic E-state index is 14.0. The Kier molecular flexibility index (Phi) is 10.5. The van der Waals surface area contributed by atoms with Crippen molar-refractivity contribution in [1.82, 2.24) is 10.2 Å². The first-order chi connectivity index (χ1) is 18.5. The van der Waals surface area contributed by atoms with Gasteiger partial charge in [0.05, 0.1) is 17.2 Å². The highest BCUT2D eigenvalue weighted by molar-refractivity contribution is 9.10. The van der Waals surface area contributed by atoms with Gasteiger partial charge < -0.3 is 15.0 Å². The molecule has 3 rings (SSSR count). The molecule has 0 saturated heterocycles. The van der Waals surface area contributed by atoms with E-state index in [-0.39, 0.29) is 29.1 Å². The molecule has 39 heavy (non-hydrogen) atoms. The van der Waals surface area contributed by atoms with Gasteiger partial charge >= 0.3 is 0 Å². The molecule has 0 aromatic heterocycles. The van der Waals surface area contributed by atoms with Crippen LogP contribution in [0.3, 0.4) is 0 Å². The van der Waals surface area contributed by atoms with Crippen LogP contribution in [0.1, 0.15) is 33.3 Å². The fourth-order valence-electron chi connectivity index (χ4n) is 3.99. The third-order valence-electron chi connectivity index (χ3n) is 5.88. The normalized spacial score (nSPS) is 12.1. The quantitative estimate of drug-likeness (QED) is 0.310. The number of hydrogen-bond acceptors (Lipinski definition) is 5. The molecule has 0 unspecified atom stereocenters. The Morgan fingerprint density at radius 1 is 0.949 bits per heavy atom. The van der Waals surface area contributed by atoms with Crippen LogP contribution in [0.25, 0.3) is 0 Å². The fraction of sp³-hybridized carbons (Fsp3) is 0.310. The summed E-state index contributed by atoms with van der Waals surface area (Å²) in [5.41, 5.74) is 1.02. The van der Waals surface area contributed by atoms with Crippen molar-refractivity contribution < 1.29 is 22.7 Å². The molecule has 0 spiro atoms. The number of carbonyl (C=O) groups is 2. The first-order valence-corrected chi connectivity index (χ1v) is 14.9. The van der Waals surface area contributed by atoms with Gasteiger partial charge in [-0.05, 0) is 69.7 Å². The van der Waals surface area contributed by atoms with Gasteiger partial charge in [-0.2, -0.15) is 0 Å². The second kappa shape index (κ2) is 13.6. The molecule has 0 aliphatic heterocycles. The lowest BCUT2D eigenvalue weighted by Crippen LogP contribution is -2.52. The molecule has 0 saturated carbocycles. The molecule has 10 heteroatoms. The van der Waals surface area contributed by atoms with E-state index < -0.39 is 28.5 Å². The van der Waals surface area contributed by atoms with Gasteiger partial charge in [-0.1, -0.05) is 58.4 Å². The Morgan fingerprint density at radius 2 is 1.62 bits per heavy atom. The molecule has 0 aliphatic carbocycles. The fourth-order valence-corrected chi connectivity index (χ4v) is 5.89. The molecule has 208 valence electrons. The second-order valence-electron chi connectivity index (χ2n) is 9.22. The van der Waals surface area contributed by atoms with E-state index in [9.17, 15) is 18.0 Å². The molecule has 1 N–H and O–H groups in total. The number of rotatable bonds is 12. The van der Waals surface area contributed by atoms with Crippen molar-refractivity contribution in [2.24, 2.45) is 0 Å². The van der Waals surface area contributed by atoms with Crippen LogP contribution in [-0.2, 0) is 26.2 Å². The first-order valence-electron chi connectivity index (χ1n) is 12.7. The van der Waals surface area contributed by atoms with E-state index in [2.05, 4.69) is 21.2 Å². The molecule has 0 radical (unpaired) electrons. The van der Waals surface area contributed by atoms with Gasteiger partial charge in [0.2, 0.25) is 11.8 Å². The number of sulfonamides is 1. The number of ether oxygens (including phenoxy) is 1. The van der Waals surface area contributed by atoms with Crippen molar-refractivity contribution in [3.05, 3.63) is 88.9 Å². The summed E-state index contributed by atoms with van der Waals surface area (Å²) < 4.78 is 35.4. The van der Waals surface area contributed by atoms with E-state index in [1.165, 1.54) is 17.0 Å². The number of anilines is 1. The summed E-state index contributed by atoms with van der Waals surface area (Å²) in [6, 6.07) is 21.0. The van der Waals surface area contributed by atoms with E-state index in [1.807, 2.05) is 38.1 Å². The van der Waals surface area contributed by atoms with Crippen LogP contribution in [-0.4, -0.2) is 50.4 Å². The van der Waals surface area contributed by atoms with E-state index in [4.69, 9.17) is 4.74 Å². The predicted octanol–water partition coefficient (Wildman–Crippen LogP) is 4.99. The van der Waals surface area contributed by atoms with Crippen LogP contribution in [0.4, 0.5) is 5.69 Å². The van der Waals surface area contributed by atoms with Gasteiger partial charge in [0.1, 0.15) is 18.3 Å². The van der Waals surface area contributed by atoms with E-state index in [1.54, 1.807) is 56.3 Å². The maximum atomic E-state index is 14.0. The van der Waals surface area contributed by atoms with Crippen LogP contribution < -0.4 is 14.4 Å². The molecule has 0 bridgehead atoms. The second-order valence-corrected chi connectivity index (χ2v) is 12.0. The smallest absolute Gasteiger partial charge is 0.264 e. The summed E-state index contributed by atoms with van der Waals surface area (Å²) in [5.74, 6) is -0.538. The van der Waals surface area contributed by atoms with Crippen molar-refractivity contribution in [2.75, 3.05) is 17.5 Å². The number of benzene rings is 3. The van der Waals surface area contributed by atoms with Gasteiger partial charge in [-0.3, -0.25) is 13.9 Å².